The molecule has 4 heteroatoms. The molecule has 2 N–H and O–H groups in total. The van der Waals surface area contributed by atoms with Gasteiger partial charge in [-0.15, -0.1) is 0 Å². The average molecular weight is 201 g/mol. The van der Waals surface area contributed by atoms with Gasteiger partial charge >= 0.3 is 0 Å². The summed E-state index contributed by atoms with van der Waals surface area (Å²) in [7, 11) is 0. The Labute approximate surface area is 82.3 Å². The molecule has 2 heterocycles. The maximum atomic E-state index is 11.3. The third-order valence-corrected chi connectivity index (χ3v) is 3.89. The lowest BCUT2D eigenvalue weighted by Crippen LogP contribution is -2.57. The molecule has 0 saturated carbocycles. The van der Waals surface area contributed by atoms with E-state index >= 15 is 0 Å². The molecule has 2 saturated heterocycles. The quantitative estimate of drug-likeness (QED) is 0.601. The van der Waals surface area contributed by atoms with Crippen LogP contribution in [0.15, 0.2) is 0 Å². The van der Waals surface area contributed by atoms with Crippen molar-refractivity contribution in [3.8, 4) is 0 Å². The molecule has 0 radical (unpaired) electrons. The molecule has 1 amide bonds. The summed E-state index contributed by atoms with van der Waals surface area (Å²) >= 11 is 1.93. The number of nitrogens with one attached hydrogen (secondary N) is 1. The Balaban J connectivity index is 2.06. The van der Waals surface area contributed by atoms with Gasteiger partial charge in [-0.1, -0.05) is 0 Å². The minimum absolute atomic E-state index is 0.0191. The van der Waals surface area contributed by atoms with Gasteiger partial charge in [0, 0.05) is 5.54 Å². The van der Waals surface area contributed by atoms with Gasteiger partial charge in [0.1, 0.15) is 0 Å². The molecule has 2 fully saturated rings. The highest BCUT2D eigenvalue weighted by Gasteiger charge is 2.39. The number of amides is 1. The molecule has 0 aromatic heterocycles. The minimum Gasteiger partial charge on any atom is -0.393 e. The standard InChI is InChI=1S/C9H15NO2S/c11-7-5-8(12)10-9(6-7)1-3-13-4-2-9/h7,11H,1-6H2,(H,10,12)/t7-/m0/s1. The first-order valence-electron chi connectivity index (χ1n) is 4.77. The first kappa shape index (κ1) is 9.34. The summed E-state index contributed by atoms with van der Waals surface area (Å²) in [6, 6.07) is 0. The lowest BCUT2D eigenvalue weighted by molar-refractivity contribution is -0.129. The second-order valence-electron chi connectivity index (χ2n) is 4.00. The van der Waals surface area contributed by atoms with Crippen LogP contribution in [0, 0.1) is 0 Å². The van der Waals surface area contributed by atoms with Crippen LogP contribution in [0.4, 0.5) is 0 Å². The van der Waals surface area contributed by atoms with E-state index in [0.29, 0.717) is 0 Å². The number of thioether (sulfide) groups is 1. The van der Waals surface area contributed by atoms with Crippen molar-refractivity contribution in [1.82, 2.24) is 5.32 Å². The number of rotatable bonds is 0. The summed E-state index contributed by atoms with van der Waals surface area (Å²) in [5.74, 6) is 2.23. The highest BCUT2D eigenvalue weighted by atomic mass is 32.2. The van der Waals surface area contributed by atoms with Crippen LogP contribution in [0.1, 0.15) is 25.7 Å². The SMILES string of the molecule is O=C1C[C@H](O)CC2(CCSCC2)N1. The van der Waals surface area contributed by atoms with Crippen LogP contribution in [-0.4, -0.2) is 34.2 Å². The van der Waals surface area contributed by atoms with Gasteiger partial charge < -0.3 is 10.4 Å². The van der Waals surface area contributed by atoms with Gasteiger partial charge in [0.2, 0.25) is 5.91 Å². The molecule has 2 rings (SSSR count). The Bertz CT molecular complexity index is 214. The predicted molar refractivity (Wildman–Crippen MR) is 52.7 cm³/mol. The largest absolute Gasteiger partial charge is 0.393 e. The average Bonchev–Trinajstić information content (AvgIpc) is 2.02. The van der Waals surface area contributed by atoms with Gasteiger partial charge in [0.15, 0.2) is 0 Å². The molecular formula is C9H15NO2S. The minimum atomic E-state index is -0.420. The summed E-state index contributed by atoms with van der Waals surface area (Å²) < 4.78 is 0. The topological polar surface area (TPSA) is 49.3 Å². The Hall–Kier alpha value is -0.220. The summed E-state index contributed by atoms with van der Waals surface area (Å²) in [5, 5.41) is 12.6. The molecule has 0 unspecified atom stereocenters. The maximum absolute atomic E-state index is 11.3. The third kappa shape index (κ3) is 1.99. The van der Waals surface area contributed by atoms with E-state index in [-0.39, 0.29) is 17.9 Å². The molecule has 1 spiro atoms. The fourth-order valence-electron chi connectivity index (χ4n) is 2.23. The van der Waals surface area contributed by atoms with Crippen molar-refractivity contribution in [3.63, 3.8) is 0 Å². The zero-order valence-electron chi connectivity index (χ0n) is 7.58. The van der Waals surface area contributed by atoms with Crippen LogP contribution in [0.25, 0.3) is 0 Å². The Morgan fingerprint density at radius 2 is 2.15 bits per heavy atom. The van der Waals surface area contributed by atoms with Crippen LogP contribution in [0.2, 0.25) is 0 Å². The van der Waals surface area contributed by atoms with Crippen molar-refractivity contribution >= 4 is 17.7 Å². The van der Waals surface area contributed by atoms with Gasteiger partial charge in [-0.2, -0.15) is 11.8 Å². The first-order valence-corrected chi connectivity index (χ1v) is 5.93. The molecule has 3 nitrogen and oxygen atoms in total. The second kappa shape index (κ2) is 3.50. The molecule has 1 atom stereocenters. The number of aliphatic hydroxyl groups is 1. The van der Waals surface area contributed by atoms with Crippen molar-refractivity contribution < 1.29 is 9.90 Å². The molecular weight excluding hydrogens is 186 g/mol. The Morgan fingerprint density at radius 3 is 2.77 bits per heavy atom. The second-order valence-corrected chi connectivity index (χ2v) is 5.23. The smallest absolute Gasteiger partial charge is 0.223 e. The highest BCUT2D eigenvalue weighted by Crippen LogP contribution is 2.33. The molecule has 0 bridgehead atoms. The van der Waals surface area contributed by atoms with Gasteiger partial charge in [0.05, 0.1) is 12.5 Å². The molecule has 0 aromatic carbocycles. The van der Waals surface area contributed by atoms with Crippen molar-refractivity contribution in [2.24, 2.45) is 0 Å². The lowest BCUT2D eigenvalue weighted by atomic mass is 9.82. The van der Waals surface area contributed by atoms with Crippen molar-refractivity contribution in [2.75, 3.05) is 11.5 Å². The van der Waals surface area contributed by atoms with E-state index in [9.17, 15) is 9.90 Å². The zero-order chi connectivity index (χ0) is 9.31. The summed E-state index contributed by atoms with van der Waals surface area (Å²) in [6.07, 6.45) is 2.65. The van der Waals surface area contributed by atoms with Crippen LogP contribution >= 0.6 is 11.8 Å². The summed E-state index contributed by atoms with van der Waals surface area (Å²) in [4.78, 5) is 11.3. The van der Waals surface area contributed by atoms with E-state index in [1.54, 1.807) is 0 Å². The number of carbonyl (C=O) groups excluding carboxylic acids is 1. The van der Waals surface area contributed by atoms with Gasteiger partial charge in [-0.05, 0) is 30.8 Å². The Morgan fingerprint density at radius 1 is 1.46 bits per heavy atom. The van der Waals surface area contributed by atoms with Crippen molar-refractivity contribution in [3.05, 3.63) is 0 Å². The number of hydrogen-bond acceptors (Lipinski definition) is 3. The molecule has 2 aliphatic rings. The number of aliphatic hydroxyl groups excluding tert-OH is 1. The van der Waals surface area contributed by atoms with Gasteiger partial charge in [-0.25, -0.2) is 0 Å². The van der Waals surface area contributed by atoms with Gasteiger partial charge in [0.25, 0.3) is 0 Å². The fraction of sp³-hybridized carbons (Fsp3) is 0.889. The van der Waals surface area contributed by atoms with E-state index in [4.69, 9.17) is 0 Å². The molecule has 2 aliphatic heterocycles. The lowest BCUT2D eigenvalue weighted by Gasteiger charge is -2.42. The third-order valence-electron chi connectivity index (χ3n) is 2.90. The van der Waals surface area contributed by atoms with E-state index in [0.717, 1.165) is 30.8 Å². The first-order chi connectivity index (χ1) is 6.20. The van der Waals surface area contributed by atoms with Crippen LogP contribution in [0.5, 0.6) is 0 Å². The predicted octanol–water partition coefficient (Wildman–Crippen LogP) is 0.523. The number of hydrogen-bond donors (Lipinski definition) is 2. The monoisotopic (exact) mass is 201 g/mol. The van der Waals surface area contributed by atoms with Crippen LogP contribution in [0.3, 0.4) is 0 Å². The van der Waals surface area contributed by atoms with Crippen LogP contribution < -0.4 is 5.32 Å². The number of piperidine rings is 1. The highest BCUT2D eigenvalue weighted by molar-refractivity contribution is 7.99. The molecule has 13 heavy (non-hydrogen) atoms. The van der Waals surface area contributed by atoms with E-state index in [1.807, 2.05) is 11.8 Å². The summed E-state index contributed by atoms with van der Waals surface area (Å²) in [6.45, 7) is 0. The maximum Gasteiger partial charge on any atom is 0.223 e. The molecule has 74 valence electrons. The van der Waals surface area contributed by atoms with Crippen molar-refractivity contribution in [2.45, 2.75) is 37.3 Å². The Kier molecular flexibility index (Phi) is 2.51. The van der Waals surface area contributed by atoms with Gasteiger partial charge in [-0.3, -0.25) is 4.79 Å². The molecule has 0 aliphatic carbocycles. The van der Waals surface area contributed by atoms with E-state index < -0.39 is 6.10 Å². The number of carbonyl (C=O) groups is 1. The zero-order valence-corrected chi connectivity index (χ0v) is 8.40. The fourth-order valence-corrected chi connectivity index (χ4v) is 3.50. The normalized spacial score (nSPS) is 33.0. The van der Waals surface area contributed by atoms with E-state index in [2.05, 4.69) is 5.32 Å². The molecule has 0 aromatic rings. The summed E-state index contributed by atoms with van der Waals surface area (Å²) in [5.41, 5.74) is -0.0694. The van der Waals surface area contributed by atoms with E-state index in [1.165, 1.54) is 0 Å². The van der Waals surface area contributed by atoms with Crippen molar-refractivity contribution in [1.29, 1.82) is 0 Å². The van der Waals surface area contributed by atoms with Crippen LogP contribution in [-0.2, 0) is 4.79 Å².